The summed E-state index contributed by atoms with van der Waals surface area (Å²) >= 11 is 0. The first-order chi connectivity index (χ1) is 8.14. The van der Waals surface area contributed by atoms with Crippen molar-refractivity contribution < 1.29 is 22.7 Å². The van der Waals surface area contributed by atoms with E-state index in [0.29, 0.717) is 26.1 Å². The maximum Gasteiger partial charge on any atom is 0.324 e. The van der Waals surface area contributed by atoms with Gasteiger partial charge in [-0.05, 0) is 40.5 Å². The van der Waals surface area contributed by atoms with E-state index in [1.165, 1.54) is 6.92 Å². The Hall–Kier alpha value is -0.620. The summed E-state index contributed by atoms with van der Waals surface area (Å²) in [6, 6.07) is 0. The van der Waals surface area contributed by atoms with Crippen molar-refractivity contribution in [1.82, 2.24) is 0 Å². The molecule has 1 aliphatic rings. The molecule has 0 aromatic rings. The predicted octanol–water partition coefficient (Wildman–Crippen LogP) is 1.31. The summed E-state index contributed by atoms with van der Waals surface area (Å²) in [4.78, 5) is 11.8. The summed E-state index contributed by atoms with van der Waals surface area (Å²) in [6.45, 7) is 7.44. The minimum atomic E-state index is -3.49. The van der Waals surface area contributed by atoms with Crippen molar-refractivity contribution in [3.63, 3.8) is 0 Å². The number of hydrogen-bond acceptors (Lipinski definition) is 5. The van der Waals surface area contributed by atoms with E-state index in [1.807, 2.05) is 0 Å². The number of esters is 1. The Morgan fingerprint density at radius 1 is 1.28 bits per heavy atom. The number of carbonyl (C=O) groups is 1. The smallest absolute Gasteiger partial charge is 0.324 e. The molecule has 0 saturated carbocycles. The van der Waals surface area contributed by atoms with Gasteiger partial charge in [-0.3, -0.25) is 4.79 Å². The van der Waals surface area contributed by atoms with E-state index >= 15 is 0 Å². The molecule has 1 aliphatic heterocycles. The molecule has 0 radical (unpaired) electrons. The molecule has 0 aliphatic carbocycles. The first-order valence-electron chi connectivity index (χ1n) is 6.18. The molecule has 0 spiro atoms. The number of sulfone groups is 1. The fourth-order valence-corrected chi connectivity index (χ4v) is 3.56. The summed E-state index contributed by atoms with van der Waals surface area (Å²) in [5, 5.41) is -1.60. The highest BCUT2D eigenvalue weighted by Crippen LogP contribution is 2.22. The molecule has 1 atom stereocenters. The van der Waals surface area contributed by atoms with E-state index in [0.717, 1.165) is 0 Å². The maximum absolute atomic E-state index is 12.3. The van der Waals surface area contributed by atoms with Gasteiger partial charge in [-0.2, -0.15) is 0 Å². The van der Waals surface area contributed by atoms with E-state index in [1.54, 1.807) is 20.8 Å². The molecule has 1 unspecified atom stereocenters. The molecule has 0 aromatic carbocycles. The molecule has 0 amide bonds. The zero-order valence-corrected chi connectivity index (χ0v) is 12.2. The molecule has 1 heterocycles. The van der Waals surface area contributed by atoms with Gasteiger partial charge in [0.2, 0.25) is 0 Å². The monoisotopic (exact) mass is 278 g/mol. The molecule has 106 valence electrons. The third-order valence-electron chi connectivity index (χ3n) is 2.86. The molecule has 5 nitrogen and oxygen atoms in total. The highest BCUT2D eigenvalue weighted by atomic mass is 32.2. The SMILES string of the molecule is CC(C(=O)OC(C)(C)C)S(=O)(=O)C1CCOCC1. The molecular formula is C12H22O5S. The number of ether oxygens (including phenoxy) is 2. The minimum absolute atomic E-state index is 0.435. The van der Waals surface area contributed by atoms with Gasteiger partial charge in [0.05, 0.1) is 5.25 Å². The van der Waals surface area contributed by atoms with Gasteiger partial charge >= 0.3 is 5.97 Å². The van der Waals surface area contributed by atoms with Crippen LogP contribution in [0, 0.1) is 0 Å². The van der Waals surface area contributed by atoms with Crippen molar-refractivity contribution in [1.29, 1.82) is 0 Å². The normalized spacial score (nSPS) is 20.4. The first kappa shape index (κ1) is 15.4. The van der Waals surface area contributed by atoms with Crippen LogP contribution in [-0.2, 0) is 24.1 Å². The van der Waals surface area contributed by atoms with Crippen LogP contribution in [0.5, 0.6) is 0 Å². The van der Waals surface area contributed by atoms with Crippen LogP contribution in [0.15, 0.2) is 0 Å². The summed E-state index contributed by atoms with van der Waals surface area (Å²) in [5.74, 6) is -0.672. The van der Waals surface area contributed by atoms with Crippen molar-refractivity contribution in [3.05, 3.63) is 0 Å². The zero-order valence-electron chi connectivity index (χ0n) is 11.4. The van der Waals surface area contributed by atoms with Gasteiger partial charge in [-0.15, -0.1) is 0 Å². The molecule has 0 N–H and O–H groups in total. The third-order valence-corrected chi connectivity index (χ3v) is 5.44. The summed E-state index contributed by atoms with van der Waals surface area (Å²) in [7, 11) is -3.49. The average molecular weight is 278 g/mol. The van der Waals surface area contributed by atoms with E-state index in [2.05, 4.69) is 0 Å². The van der Waals surface area contributed by atoms with Crippen LogP contribution in [0.4, 0.5) is 0 Å². The van der Waals surface area contributed by atoms with Gasteiger partial charge in [0.15, 0.2) is 15.1 Å². The Morgan fingerprint density at radius 3 is 2.22 bits per heavy atom. The van der Waals surface area contributed by atoms with E-state index < -0.39 is 31.9 Å². The second kappa shape index (κ2) is 5.57. The lowest BCUT2D eigenvalue weighted by atomic mass is 10.2. The fraction of sp³-hybridized carbons (Fsp3) is 0.917. The van der Waals surface area contributed by atoms with Crippen molar-refractivity contribution in [2.75, 3.05) is 13.2 Å². The summed E-state index contributed by atoms with van der Waals surface area (Å²) in [5.41, 5.74) is -0.670. The number of carbonyl (C=O) groups excluding carboxylic acids is 1. The Balaban J connectivity index is 2.75. The average Bonchev–Trinajstić information content (AvgIpc) is 2.27. The topological polar surface area (TPSA) is 69.7 Å². The molecule has 1 rings (SSSR count). The van der Waals surface area contributed by atoms with Crippen molar-refractivity contribution in [2.45, 2.75) is 56.6 Å². The summed E-state index contributed by atoms with van der Waals surface area (Å²) in [6.07, 6.45) is 0.908. The predicted molar refractivity (Wildman–Crippen MR) is 68.1 cm³/mol. The van der Waals surface area contributed by atoms with E-state index in [-0.39, 0.29) is 0 Å². The molecular weight excluding hydrogens is 256 g/mol. The second-order valence-electron chi connectivity index (χ2n) is 5.58. The first-order valence-corrected chi connectivity index (χ1v) is 7.79. The van der Waals surface area contributed by atoms with Gasteiger partial charge in [0.1, 0.15) is 5.60 Å². The Bertz CT molecular complexity index is 387. The van der Waals surface area contributed by atoms with Gasteiger partial charge < -0.3 is 9.47 Å². The lowest BCUT2D eigenvalue weighted by Gasteiger charge is -2.27. The maximum atomic E-state index is 12.3. The van der Waals surface area contributed by atoms with Crippen LogP contribution in [0.1, 0.15) is 40.5 Å². The quantitative estimate of drug-likeness (QED) is 0.728. The number of hydrogen-bond donors (Lipinski definition) is 0. The second-order valence-corrected chi connectivity index (χ2v) is 8.13. The standard InChI is InChI=1S/C12H22O5S/c1-9(11(13)17-12(2,3)4)18(14,15)10-5-7-16-8-6-10/h9-10H,5-8H2,1-4H3. The molecule has 0 bridgehead atoms. The van der Waals surface area contributed by atoms with Crippen LogP contribution < -0.4 is 0 Å². The van der Waals surface area contributed by atoms with Gasteiger partial charge in [-0.25, -0.2) is 8.42 Å². The Labute approximate surface area is 109 Å². The van der Waals surface area contributed by atoms with Crippen LogP contribution in [0.2, 0.25) is 0 Å². The van der Waals surface area contributed by atoms with Gasteiger partial charge in [-0.1, -0.05) is 0 Å². The van der Waals surface area contributed by atoms with Crippen LogP contribution in [0.25, 0.3) is 0 Å². The molecule has 1 fully saturated rings. The molecule has 6 heteroatoms. The third kappa shape index (κ3) is 3.95. The molecule has 0 aromatic heterocycles. The van der Waals surface area contributed by atoms with Crippen molar-refractivity contribution in [3.8, 4) is 0 Å². The fourth-order valence-electron chi connectivity index (χ4n) is 1.81. The van der Waals surface area contributed by atoms with Crippen LogP contribution in [0.3, 0.4) is 0 Å². The zero-order chi connectivity index (χ0) is 14.0. The van der Waals surface area contributed by atoms with E-state index in [4.69, 9.17) is 9.47 Å². The minimum Gasteiger partial charge on any atom is -0.459 e. The largest absolute Gasteiger partial charge is 0.459 e. The Kier molecular flexibility index (Phi) is 4.78. The lowest BCUT2D eigenvalue weighted by molar-refractivity contribution is -0.153. The van der Waals surface area contributed by atoms with Crippen LogP contribution in [-0.4, -0.2) is 43.7 Å². The van der Waals surface area contributed by atoms with Crippen molar-refractivity contribution >= 4 is 15.8 Å². The van der Waals surface area contributed by atoms with Gasteiger partial charge in [0, 0.05) is 13.2 Å². The molecule has 1 saturated heterocycles. The Morgan fingerprint density at radius 2 is 1.78 bits per heavy atom. The van der Waals surface area contributed by atoms with Crippen LogP contribution >= 0.6 is 0 Å². The summed E-state index contributed by atoms with van der Waals surface area (Å²) < 4.78 is 34.8. The van der Waals surface area contributed by atoms with Crippen molar-refractivity contribution in [2.24, 2.45) is 0 Å². The van der Waals surface area contributed by atoms with E-state index in [9.17, 15) is 13.2 Å². The lowest BCUT2D eigenvalue weighted by Crippen LogP contribution is -2.41. The highest BCUT2D eigenvalue weighted by Gasteiger charge is 2.38. The number of rotatable bonds is 3. The highest BCUT2D eigenvalue weighted by molar-refractivity contribution is 7.93. The van der Waals surface area contributed by atoms with Gasteiger partial charge in [0.25, 0.3) is 0 Å². The molecule has 18 heavy (non-hydrogen) atoms.